The number of hydrogen-bond donors (Lipinski definition) is 1. The molecule has 0 saturated heterocycles. The average molecular weight is 235 g/mol. The summed E-state index contributed by atoms with van der Waals surface area (Å²) in [5.41, 5.74) is 2.73. The van der Waals surface area contributed by atoms with Gasteiger partial charge in [0.1, 0.15) is 5.75 Å². The summed E-state index contributed by atoms with van der Waals surface area (Å²) in [7, 11) is 1.64. The molecule has 0 amide bonds. The second-order valence-electron chi connectivity index (χ2n) is 4.60. The number of aryl methyl sites for hydroxylation is 2. The number of ketones is 1. The lowest BCUT2D eigenvalue weighted by atomic mass is 10.0. The van der Waals surface area contributed by atoms with Gasteiger partial charge in [0.25, 0.3) is 0 Å². The fourth-order valence-electron chi connectivity index (χ4n) is 1.70. The van der Waals surface area contributed by atoms with Crippen LogP contribution in [0.15, 0.2) is 12.1 Å². The van der Waals surface area contributed by atoms with Gasteiger partial charge in [0, 0.05) is 11.6 Å². The normalized spacial score (nSPS) is 10.7. The molecule has 0 aliphatic heterocycles. The van der Waals surface area contributed by atoms with Crippen molar-refractivity contribution in [2.24, 2.45) is 0 Å². The molecule has 0 fully saturated rings. The second-order valence-corrected chi connectivity index (χ2v) is 4.60. The molecule has 1 aromatic carbocycles. The summed E-state index contributed by atoms with van der Waals surface area (Å²) in [6.07, 6.45) is 0. The van der Waals surface area contributed by atoms with Gasteiger partial charge in [0.05, 0.1) is 13.7 Å². The van der Waals surface area contributed by atoms with Gasteiger partial charge >= 0.3 is 0 Å². The van der Waals surface area contributed by atoms with Gasteiger partial charge in [0.15, 0.2) is 5.78 Å². The summed E-state index contributed by atoms with van der Waals surface area (Å²) >= 11 is 0. The highest BCUT2D eigenvalue weighted by Gasteiger charge is 2.12. The Bertz CT molecular complexity index is 411. The Morgan fingerprint density at radius 2 is 1.94 bits per heavy atom. The van der Waals surface area contributed by atoms with E-state index in [-0.39, 0.29) is 5.78 Å². The number of carbonyl (C=O) groups is 1. The van der Waals surface area contributed by atoms with Crippen molar-refractivity contribution in [3.8, 4) is 5.75 Å². The second kappa shape index (κ2) is 5.82. The van der Waals surface area contributed by atoms with Crippen molar-refractivity contribution < 1.29 is 9.53 Å². The summed E-state index contributed by atoms with van der Waals surface area (Å²) < 4.78 is 5.23. The van der Waals surface area contributed by atoms with Crippen LogP contribution < -0.4 is 10.1 Å². The molecule has 17 heavy (non-hydrogen) atoms. The topological polar surface area (TPSA) is 38.3 Å². The van der Waals surface area contributed by atoms with Gasteiger partial charge in [-0.25, -0.2) is 0 Å². The van der Waals surface area contributed by atoms with E-state index in [1.165, 1.54) is 0 Å². The molecule has 94 valence electrons. The van der Waals surface area contributed by atoms with E-state index in [4.69, 9.17) is 4.74 Å². The first-order valence-electron chi connectivity index (χ1n) is 5.87. The van der Waals surface area contributed by atoms with Gasteiger partial charge < -0.3 is 10.1 Å². The van der Waals surface area contributed by atoms with Crippen molar-refractivity contribution in [3.05, 3.63) is 28.8 Å². The highest BCUT2D eigenvalue weighted by Crippen LogP contribution is 2.22. The van der Waals surface area contributed by atoms with Crippen LogP contribution in [0.2, 0.25) is 0 Å². The zero-order chi connectivity index (χ0) is 13.0. The van der Waals surface area contributed by atoms with Gasteiger partial charge in [-0.1, -0.05) is 13.8 Å². The van der Waals surface area contributed by atoms with Gasteiger partial charge in [0.2, 0.25) is 0 Å². The lowest BCUT2D eigenvalue weighted by Crippen LogP contribution is -2.29. The van der Waals surface area contributed by atoms with Gasteiger partial charge in [-0.05, 0) is 37.1 Å². The molecule has 1 aromatic rings. The van der Waals surface area contributed by atoms with Gasteiger partial charge in [-0.2, -0.15) is 0 Å². The first-order valence-corrected chi connectivity index (χ1v) is 5.87. The number of methoxy groups -OCH3 is 1. The molecular formula is C14H21NO2. The molecule has 0 saturated carbocycles. The maximum atomic E-state index is 12.0. The van der Waals surface area contributed by atoms with E-state index in [1.807, 2.05) is 39.8 Å². The summed E-state index contributed by atoms with van der Waals surface area (Å²) in [5, 5.41) is 3.14. The number of Topliss-reactive ketones (excluding diaryl/α,β-unsaturated/α-hetero) is 1. The maximum Gasteiger partial charge on any atom is 0.176 e. The Balaban J connectivity index is 2.91. The first-order chi connectivity index (χ1) is 7.95. The van der Waals surface area contributed by atoms with Crippen LogP contribution in [-0.4, -0.2) is 25.5 Å². The van der Waals surface area contributed by atoms with Gasteiger partial charge in [-0.3, -0.25) is 4.79 Å². The van der Waals surface area contributed by atoms with Crippen molar-refractivity contribution in [2.75, 3.05) is 13.7 Å². The van der Waals surface area contributed by atoms with Crippen molar-refractivity contribution in [1.29, 1.82) is 0 Å². The van der Waals surface area contributed by atoms with Crippen molar-refractivity contribution in [3.63, 3.8) is 0 Å². The Kier molecular flexibility index (Phi) is 4.70. The van der Waals surface area contributed by atoms with E-state index >= 15 is 0 Å². The van der Waals surface area contributed by atoms with Crippen LogP contribution in [0.3, 0.4) is 0 Å². The van der Waals surface area contributed by atoms with Crippen molar-refractivity contribution in [1.82, 2.24) is 5.32 Å². The van der Waals surface area contributed by atoms with Crippen molar-refractivity contribution in [2.45, 2.75) is 33.7 Å². The van der Waals surface area contributed by atoms with E-state index in [0.29, 0.717) is 12.6 Å². The monoisotopic (exact) mass is 235 g/mol. The van der Waals surface area contributed by atoms with Crippen LogP contribution in [0.5, 0.6) is 5.75 Å². The minimum atomic E-state index is 0.127. The fraction of sp³-hybridized carbons (Fsp3) is 0.500. The highest BCUT2D eigenvalue weighted by molar-refractivity contribution is 5.99. The summed E-state index contributed by atoms with van der Waals surface area (Å²) in [5.74, 6) is 0.956. The van der Waals surface area contributed by atoms with E-state index in [2.05, 4.69) is 5.32 Å². The van der Waals surface area contributed by atoms with E-state index in [1.54, 1.807) is 7.11 Å². The maximum absolute atomic E-state index is 12.0. The number of nitrogens with one attached hydrogen (secondary N) is 1. The highest BCUT2D eigenvalue weighted by atomic mass is 16.5. The number of hydrogen-bond acceptors (Lipinski definition) is 3. The van der Waals surface area contributed by atoms with E-state index < -0.39 is 0 Å². The molecule has 1 rings (SSSR count). The molecule has 3 nitrogen and oxygen atoms in total. The molecule has 3 heteroatoms. The molecule has 0 radical (unpaired) electrons. The molecule has 1 N–H and O–H groups in total. The third-order valence-corrected chi connectivity index (χ3v) is 2.71. The molecule has 0 atom stereocenters. The molecule has 0 aromatic heterocycles. The Labute approximate surface area is 103 Å². The molecule has 0 unspecified atom stereocenters. The molecule has 0 aliphatic rings. The Morgan fingerprint density at radius 3 is 2.47 bits per heavy atom. The van der Waals surface area contributed by atoms with Crippen LogP contribution in [0.1, 0.15) is 35.3 Å². The quantitative estimate of drug-likeness (QED) is 0.797. The van der Waals surface area contributed by atoms with Crippen LogP contribution in [-0.2, 0) is 0 Å². The first kappa shape index (κ1) is 13.7. The Morgan fingerprint density at radius 1 is 1.29 bits per heavy atom. The number of ether oxygens (including phenoxy) is 1. The van der Waals surface area contributed by atoms with Crippen LogP contribution >= 0.6 is 0 Å². The molecular weight excluding hydrogens is 214 g/mol. The number of benzene rings is 1. The van der Waals surface area contributed by atoms with Crippen LogP contribution in [0.4, 0.5) is 0 Å². The van der Waals surface area contributed by atoms with Crippen LogP contribution in [0, 0.1) is 13.8 Å². The molecule has 0 bridgehead atoms. The largest absolute Gasteiger partial charge is 0.496 e. The van der Waals surface area contributed by atoms with Crippen molar-refractivity contribution >= 4 is 5.78 Å². The third kappa shape index (κ3) is 3.56. The standard InChI is InChI=1S/C14H21NO2/c1-9(2)15-8-13(16)12-6-11(4)14(17-5)7-10(12)3/h6-7,9,15H,8H2,1-5H3. The van der Waals surface area contributed by atoms with E-state index in [0.717, 1.165) is 22.4 Å². The fourth-order valence-corrected chi connectivity index (χ4v) is 1.70. The molecule has 0 spiro atoms. The summed E-state index contributed by atoms with van der Waals surface area (Å²) in [6, 6.07) is 4.13. The summed E-state index contributed by atoms with van der Waals surface area (Å²) in [6.45, 7) is 8.32. The van der Waals surface area contributed by atoms with E-state index in [9.17, 15) is 4.79 Å². The molecule has 0 aliphatic carbocycles. The Hall–Kier alpha value is -1.35. The minimum Gasteiger partial charge on any atom is -0.496 e. The van der Waals surface area contributed by atoms with Gasteiger partial charge in [-0.15, -0.1) is 0 Å². The minimum absolute atomic E-state index is 0.127. The van der Waals surface area contributed by atoms with Crippen LogP contribution in [0.25, 0.3) is 0 Å². The SMILES string of the molecule is COc1cc(C)c(C(=O)CNC(C)C)cc1C. The average Bonchev–Trinajstić information content (AvgIpc) is 2.28. The predicted octanol–water partition coefficient (Wildman–Crippen LogP) is 2.49. The smallest absolute Gasteiger partial charge is 0.176 e. The lowest BCUT2D eigenvalue weighted by molar-refractivity contribution is 0.0988. The lowest BCUT2D eigenvalue weighted by Gasteiger charge is -2.12. The number of carbonyl (C=O) groups excluding carboxylic acids is 1. The third-order valence-electron chi connectivity index (χ3n) is 2.71. The summed E-state index contributed by atoms with van der Waals surface area (Å²) in [4.78, 5) is 12.0. The predicted molar refractivity (Wildman–Crippen MR) is 69.9 cm³/mol. The zero-order valence-electron chi connectivity index (χ0n) is 11.3. The number of rotatable bonds is 5. The zero-order valence-corrected chi connectivity index (χ0v) is 11.3. The molecule has 0 heterocycles.